The number of hydrogen-bond acceptors (Lipinski definition) is 3. The zero-order chi connectivity index (χ0) is 16.8. The molecule has 0 saturated heterocycles. The van der Waals surface area contributed by atoms with Crippen molar-refractivity contribution in [2.45, 2.75) is 20.3 Å². The van der Waals surface area contributed by atoms with Gasteiger partial charge in [0.15, 0.2) is 6.61 Å². The number of ether oxygens (including phenoxy) is 1. The van der Waals surface area contributed by atoms with E-state index >= 15 is 0 Å². The van der Waals surface area contributed by atoms with Gasteiger partial charge in [-0.1, -0.05) is 25.1 Å². The Labute approximate surface area is 134 Å². The Morgan fingerprint density at radius 2 is 1.83 bits per heavy atom. The van der Waals surface area contributed by atoms with Crippen LogP contribution in [0.2, 0.25) is 0 Å². The Morgan fingerprint density at radius 3 is 2.43 bits per heavy atom. The van der Waals surface area contributed by atoms with Crippen molar-refractivity contribution in [3.63, 3.8) is 0 Å². The fourth-order valence-corrected chi connectivity index (χ4v) is 2.00. The fraction of sp³-hybridized carbons (Fsp3) is 0.222. The summed E-state index contributed by atoms with van der Waals surface area (Å²) in [6, 6.07) is 11.4. The number of hydrogen-bond donors (Lipinski definition) is 1. The predicted molar refractivity (Wildman–Crippen MR) is 85.9 cm³/mol. The zero-order valence-electron chi connectivity index (χ0n) is 13.1. The van der Waals surface area contributed by atoms with Gasteiger partial charge in [-0.25, -0.2) is 9.18 Å². The first kappa shape index (κ1) is 16.7. The van der Waals surface area contributed by atoms with E-state index in [-0.39, 0.29) is 5.69 Å². The van der Waals surface area contributed by atoms with Gasteiger partial charge in [-0.2, -0.15) is 0 Å². The number of carbonyl (C=O) groups is 2. The maximum absolute atomic E-state index is 13.6. The second kappa shape index (κ2) is 7.54. The first-order valence-electron chi connectivity index (χ1n) is 7.31. The molecular formula is C18H18FNO3. The van der Waals surface area contributed by atoms with E-state index in [9.17, 15) is 14.0 Å². The lowest BCUT2D eigenvalue weighted by Crippen LogP contribution is -2.21. The van der Waals surface area contributed by atoms with Crippen LogP contribution in [0, 0.1) is 12.7 Å². The van der Waals surface area contributed by atoms with Crippen molar-refractivity contribution >= 4 is 17.6 Å². The van der Waals surface area contributed by atoms with Crippen LogP contribution in [0.4, 0.5) is 10.1 Å². The topological polar surface area (TPSA) is 55.4 Å². The van der Waals surface area contributed by atoms with Crippen molar-refractivity contribution in [2.24, 2.45) is 0 Å². The maximum atomic E-state index is 13.6. The molecule has 2 aromatic carbocycles. The van der Waals surface area contributed by atoms with E-state index in [1.807, 2.05) is 19.1 Å². The lowest BCUT2D eigenvalue weighted by atomic mass is 10.1. The Balaban J connectivity index is 1.89. The lowest BCUT2D eigenvalue weighted by molar-refractivity contribution is -0.119. The van der Waals surface area contributed by atoms with Gasteiger partial charge < -0.3 is 10.1 Å². The molecule has 0 heterocycles. The summed E-state index contributed by atoms with van der Waals surface area (Å²) in [5, 5.41) is 2.37. The molecule has 0 atom stereocenters. The van der Waals surface area contributed by atoms with Crippen LogP contribution >= 0.6 is 0 Å². The molecule has 2 rings (SSSR count). The molecule has 2 aromatic rings. The molecule has 120 valence electrons. The zero-order valence-corrected chi connectivity index (χ0v) is 13.1. The molecule has 0 aliphatic rings. The molecule has 0 bridgehead atoms. The number of amides is 1. The summed E-state index contributed by atoms with van der Waals surface area (Å²) in [6.07, 6.45) is 0.875. The molecule has 5 heteroatoms. The van der Waals surface area contributed by atoms with Gasteiger partial charge in [0, 0.05) is 0 Å². The number of aryl methyl sites for hydroxylation is 2. The SMILES string of the molecule is CCc1ccc(C(=O)OCC(=O)Nc2ccc(C)cc2F)cc1. The Kier molecular flexibility index (Phi) is 5.46. The van der Waals surface area contributed by atoms with Crippen molar-refractivity contribution in [2.75, 3.05) is 11.9 Å². The van der Waals surface area contributed by atoms with Gasteiger partial charge in [0.25, 0.3) is 5.91 Å². The molecule has 0 aliphatic heterocycles. The molecule has 0 saturated carbocycles. The van der Waals surface area contributed by atoms with Crippen molar-refractivity contribution in [1.29, 1.82) is 0 Å². The van der Waals surface area contributed by atoms with Gasteiger partial charge in [0.1, 0.15) is 5.82 Å². The minimum atomic E-state index is -0.591. The highest BCUT2D eigenvalue weighted by atomic mass is 19.1. The van der Waals surface area contributed by atoms with E-state index in [1.165, 1.54) is 12.1 Å². The fourth-order valence-electron chi connectivity index (χ4n) is 2.00. The number of carbonyl (C=O) groups excluding carboxylic acids is 2. The van der Waals surface area contributed by atoms with Crippen LogP contribution in [0.5, 0.6) is 0 Å². The second-order valence-electron chi connectivity index (χ2n) is 5.16. The first-order valence-corrected chi connectivity index (χ1v) is 7.31. The molecule has 4 nitrogen and oxygen atoms in total. The molecule has 0 fully saturated rings. The minimum absolute atomic E-state index is 0.0592. The van der Waals surface area contributed by atoms with Crippen LogP contribution in [0.25, 0.3) is 0 Å². The summed E-state index contributed by atoms with van der Waals surface area (Å²) < 4.78 is 18.5. The van der Waals surface area contributed by atoms with Crippen molar-refractivity contribution in [1.82, 2.24) is 0 Å². The highest BCUT2D eigenvalue weighted by molar-refractivity contribution is 5.95. The third-order valence-electron chi connectivity index (χ3n) is 3.33. The summed E-state index contributed by atoms with van der Waals surface area (Å²) in [7, 11) is 0. The molecule has 23 heavy (non-hydrogen) atoms. The Hall–Kier alpha value is -2.69. The van der Waals surface area contributed by atoms with Crippen LogP contribution in [0.3, 0.4) is 0 Å². The summed E-state index contributed by atoms with van der Waals surface area (Å²) in [5.74, 6) is -1.71. The van der Waals surface area contributed by atoms with Crippen LogP contribution in [-0.4, -0.2) is 18.5 Å². The third kappa shape index (κ3) is 4.64. The van der Waals surface area contributed by atoms with Gasteiger partial charge in [-0.15, -0.1) is 0 Å². The first-order chi connectivity index (χ1) is 11.0. The smallest absolute Gasteiger partial charge is 0.338 e. The molecular weight excluding hydrogens is 297 g/mol. The molecule has 1 amide bonds. The standard InChI is InChI=1S/C18H18FNO3/c1-3-13-5-7-14(8-6-13)18(22)23-11-17(21)20-16-9-4-12(2)10-15(16)19/h4-10H,3,11H2,1-2H3,(H,20,21). The van der Waals surface area contributed by atoms with E-state index in [0.717, 1.165) is 17.5 Å². The average Bonchev–Trinajstić information content (AvgIpc) is 2.55. The van der Waals surface area contributed by atoms with E-state index in [4.69, 9.17) is 4.74 Å². The molecule has 1 N–H and O–H groups in total. The Bertz CT molecular complexity index is 711. The van der Waals surface area contributed by atoms with E-state index in [2.05, 4.69) is 5.32 Å². The largest absolute Gasteiger partial charge is 0.452 e. The van der Waals surface area contributed by atoms with E-state index in [0.29, 0.717) is 5.56 Å². The van der Waals surface area contributed by atoms with Gasteiger partial charge >= 0.3 is 5.97 Å². The van der Waals surface area contributed by atoms with Gasteiger partial charge in [0.05, 0.1) is 11.3 Å². The number of esters is 1. The van der Waals surface area contributed by atoms with Crippen molar-refractivity contribution < 1.29 is 18.7 Å². The Morgan fingerprint density at radius 1 is 1.13 bits per heavy atom. The summed E-state index contributed by atoms with van der Waals surface area (Å²) in [4.78, 5) is 23.6. The van der Waals surface area contributed by atoms with Gasteiger partial charge in [-0.3, -0.25) is 4.79 Å². The normalized spacial score (nSPS) is 10.2. The predicted octanol–water partition coefficient (Wildman–Crippen LogP) is 3.49. The maximum Gasteiger partial charge on any atom is 0.338 e. The van der Waals surface area contributed by atoms with Crippen LogP contribution in [-0.2, 0) is 16.0 Å². The van der Waals surface area contributed by atoms with Crippen molar-refractivity contribution in [3.8, 4) is 0 Å². The van der Waals surface area contributed by atoms with Gasteiger partial charge in [0.2, 0.25) is 0 Å². The lowest BCUT2D eigenvalue weighted by Gasteiger charge is -2.08. The summed E-state index contributed by atoms with van der Waals surface area (Å²) >= 11 is 0. The number of anilines is 1. The van der Waals surface area contributed by atoms with Crippen LogP contribution in [0.1, 0.15) is 28.4 Å². The van der Waals surface area contributed by atoms with Crippen LogP contribution in [0.15, 0.2) is 42.5 Å². The third-order valence-corrected chi connectivity index (χ3v) is 3.33. The summed E-state index contributed by atoms with van der Waals surface area (Å²) in [6.45, 7) is 3.30. The molecule has 0 radical (unpaired) electrons. The average molecular weight is 315 g/mol. The summed E-state index contributed by atoms with van der Waals surface area (Å²) in [5.41, 5.74) is 2.29. The molecule has 0 unspecified atom stereocenters. The van der Waals surface area contributed by atoms with E-state index in [1.54, 1.807) is 25.1 Å². The highest BCUT2D eigenvalue weighted by Gasteiger charge is 2.12. The van der Waals surface area contributed by atoms with E-state index < -0.39 is 24.3 Å². The second-order valence-corrected chi connectivity index (χ2v) is 5.16. The number of nitrogens with one attached hydrogen (secondary N) is 1. The van der Waals surface area contributed by atoms with Crippen molar-refractivity contribution in [3.05, 3.63) is 65.0 Å². The molecule has 0 aromatic heterocycles. The van der Waals surface area contributed by atoms with Gasteiger partial charge in [-0.05, 0) is 48.7 Å². The number of halogens is 1. The monoisotopic (exact) mass is 315 g/mol. The highest BCUT2D eigenvalue weighted by Crippen LogP contribution is 2.15. The number of benzene rings is 2. The molecule has 0 aliphatic carbocycles. The minimum Gasteiger partial charge on any atom is -0.452 e. The molecule has 0 spiro atoms. The quantitative estimate of drug-likeness (QED) is 0.859. The number of rotatable bonds is 5. The van der Waals surface area contributed by atoms with Crippen LogP contribution < -0.4 is 5.32 Å².